The molecule has 0 aliphatic carbocycles. The first-order chi connectivity index (χ1) is 7.27. The number of H-pyrrole nitrogens is 2. The molecular formula is C8H10N6O. The maximum absolute atomic E-state index is 11.4. The van der Waals surface area contributed by atoms with Crippen molar-refractivity contribution in [2.45, 2.75) is 13.5 Å². The highest BCUT2D eigenvalue weighted by Crippen LogP contribution is 2.01. The molecule has 0 aromatic carbocycles. The van der Waals surface area contributed by atoms with E-state index in [-0.39, 0.29) is 11.6 Å². The first kappa shape index (κ1) is 9.38. The fourth-order valence-corrected chi connectivity index (χ4v) is 1.13. The summed E-state index contributed by atoms with van der Waals surface area (Å²) in [5.41, 5.74) is 2.17. The van der Waals surface area contributed by atoms with Gasteiger partial charge in [-0.05, 0) is 6.92 Å². The molecule has 7 heteroatoms. The molecule has 3 N–H and O–H groups in total. The molecule has 15 heavy (non-hydrogen) atoms. The summed E-state index contributed by atoms with van der Waals surface area (Å²) in [7, 11) is 0. The van der Waals surface area contributed by atoms with E-state index >= 15 is 0 Å². The third-order valence-corrected chi connectivity index (χ3v) is 2.02. The molecule has 1 amide bonds. The van der Waals surface area contributed by atoms with Crippen molar-refractivity contribution < 1.29 is 4.79 Å². The molecule has 2 rings (SSSR count). The molecule has 0 atom stereocenters. The van der Waals surface area contributed by atoms with Crippen LogP contribution in [-0.2, 0) is 6.54 Å². The highest BCUT2D eigenvalue weighted by Gasteiger charge is 2.08. The summed E-state index contributed by atoms with van der Waals surface area (Å²) in [6.07, 6.45) is 3.05. The lowest BCUT2D eigenvalue weighted by Crippen LogP contribution is -2.23. The van der Waals surface area contributed by atoms with Crippen LogP contribution in [0.5, 0.6) is 0 Å². The number of aromatic nitrogens is 5. The molecular weight excluding hydrogens is 196 g/mol. The number of aryl methyl sites for hydroxylation is 1. The second kappa shape index (κ2) is 3.91. The quantitative estimate of drug-likeness (QED) is 0.645. The van der Waals surface area contributed by atoms with Crippen LogP contribution in [0.3, 0.4) is 0 Å². The molecule has 2 heterocycles. The largest absolute Gasteiger partial charge is 0.346 e. The second-order valence-electron chi connectivity index (χ2n) is 3.06. The van der Waals surface area contributed by atoms with Crippen LogP contribution >= 0.6 is 0 Å². The molecule has 0 bridgehead atoms. The van der Waals surface area contributed by atoms with Crippen molar-refractivity contribution in [1.29, 1.82) is 0 Å². The number of carbonyl (C=O) groups is 1. The van der Waals surface area contributed by atoms with Gasteiger partial charge in [0.05, 0.1) is 12.4 Å². The topological polar surface area (TPSA) is 99.4 Å². The number of aromatic amines is 2. The third-order valence-electron chi connectivity index (χ3n) is 2.02. The van der Waals surface area contributed by atoms with E-state index in [1.54, 1.807) is 6.20 Å². The van der Waals surface area contributed by atoms with Gasteiger partial charge in [0.25, 0.3) is 5.91 Å². The number of carbonyl (C=O) groups excluding carboxylic acids is 1. The van der Waals surface area contributed by atoms with Gasteiger partial charge in [0.15, 0.2) is 5.69 Å². The van der Waals surface area contributed by atoms with E-state index in [4.69, 9.17) is 0 Å². The number of amides is 1. The monoisotopic (exact) mass is 206 g/mol. The first-order valence-corrected chi connectivity index (χ1v) is 4.40. The Kier molecular flexibility index (Phi) is 2.44. The Labute approximate surface area is 85.3 Å². The molecule has 0 aliphatic heterocycles. The van der Waals surface area contributed by atoms with E-state index in [9.17, 15) is 4.79 Å². The maximum atomic E-state index is 11.4. The van der Waals surface area contributed by atoms with Gasteiger partial charge in [-0.2, -0.15) is 20.5 Å². The fourth-order valence-electron chi connectivity index (χ4n) is 1.13. The molecule has 0 spiro atoms. The molecule has 0 radical (unpaired) electrons. The molecule has 0 saturated carbocycles. The van der Waals surface area contributed by atoms with E-state index < -0.39 is 0 Å². The van der Waals surface area contributed by atoms with Gasteiger partial charge in [-0.3, -0.25) is 9.89 Å². The van der Waals surface area contributed by atoms with Gasteiger partial charge in [-0.1, -0.05) is 0 Å². The van der Waals surface area contributed by atoms with Crippen LogP contribution in [0.25, 0.3) is 0 Å². The highest BCUT2D eigenvalue weighted by atomic mass is 16.1. The van der Waals surface area contributed by atoms with E-state index in [0.29, 0.717) is 6.54 Å². The number of nitrogens with one attached hydrogen (secondary N) is 3. The van der Waals surface area contributed by atoms with Gasteiger partial charge in [-0.15, -0.1) is 0 Å². The summed E-state index contributed by atoms with van der Waals surface area (Å²) < 4.78 is 0. The lowest BCUT2D eigenvalue weighted by Gasteiger charge is -2.00. The van der Waals surface area contributed by atoms with Crippen molar-refractivity contribution in [2.75, 3.05) is 0 Å². The van der Waals surface area contributed by atoms with Gasteiger partial charge >= 0.3 is 0 Å². The summed E-state index contributed by atoms with van der Waals surface area (Å²) in [6.45, 7) is 2.32. The average Bonchev–Trinajstić information content (AvgIpc) is 2.85. The summed E-state index contributed by atoms with van der Waals surface area (Å²) in [6, 6.07) is 0. The molecule has 0 fully saturated rings. The van der Waals surface area contributed by atoms with Crippen LogP contribution in [0.2, 0.25) is 0 Å². The Hall–Kier alpha value is -2.18. The predicted octanol–water partition coefficient (Wildman–Crippen LogP) is -0.234. The first-order valence-electron chi connectivity index (χ1n) is 4.40. The van der Waals surface area contributed by atoms with Gasteiger partial charge in [0, 0.05) is 17.8 Å². The Balaban J connectivity index is 1.95. The Morgan fingerprint density at radius 2 is 2.33 bits per heavy atom. The van der Waals surface area contributed by atoms with Crippen molar-refractivity contribution in [1.82, 2.24) is 30.9 Å². The second-order valence-corrected chi connectivity index (χ2v) is 3.06. The molecule has 7 nitrogen and oxygen atoms in total. The lowest BCUT2D eigenvalue weighted by atomic mass is 10.2. The number of rotatable bonds is 3. The zero-order valence-corrected chi connectivity index (χ0v) is 8.11. The normalized spacial score (nSPS) is 10.2. The minimum atomic E-state index is -0.260. The zero-order valence-electron chi connectivity index (χ0n) is 8.11. The van der Waals surface area contributed by atoms with Crippen molar-refractivity contribution in [3.05, 3.63) is 29.3 Å². The van der Waals surface area contributed by atoms with Crippen molar-refractivity contribution in [2.24, 2.45) is 0 Å². The number of hydrogen-bond donors (Lipinski definition) is 3. The summed E-state index contributed by atoms with van der Waals surface area (Å²) in [5.74, 6) is -0.260. The third kappa shape index (κ3) is 2.01. The highest BCUT2D eigenvalue weighted by molar-refractivity contribution is 5.91. The van der Waals surface area contributed by atoms with Crippen LogP contribution in [-0.4, -0.2) is 31.5 Å². The van der Waals surface area contributed by atoms with E-state index in [1.807, 2.05) is 6.92 Å². The van der Waals surface area contributed by atoms with E-state index in [1.165, 1.54) is 6.20 Å². The van der Waals surface area contributed by atoms with Gasteiger partial charge in [-0.25, -0.2) is 0 Å². The molecule has 78 valence electrons. The Bertz CT molecular complexity index is 445. The molecule has 2 aromatic heterocycles. The zero-order chi connectivity index (χ0) is 10.7. The average molecular weight is 206 g/mol. The minimum absolute atomic E-state index is 0.260. The predicted molar refractivity (Wildman–Crippen MR) is 50.9 cm³/mol. The van der Waals surface area contributed by atoms with Crippen LogP contribution in [0, 0.1) is 6.92 Å². The summed E-state index contributed by atoms with van der Waals surface area (Å²) >= 11 is 0. The number of nitrogens with zero attached hydrogens (tertiary/aromatic N) is 3. The standard InChI is InChI=1S/C8H10N6O/c1-5-6(3-10-12-5)2-9-8(15)7-4-11-14-13-7/h3-4H,2H2,1H3,(H,9,15)(H,10,12)(H,11,13,14). The number of hydrogen-bond acceptors (Lipinski definition) is 4. The summed E-state index contributed by atoms with van der Waals surface area (Å²) in [4.78, 5) is 11.4. The maximum Gasteiger partial charge on any atom is 0.273 e. The van der Waals surface area contributed by atoms with E-state index in [0.717, 1.165) is 11.3 Å². The van der Waals surface area contributed by atoms with Crippen LogP contribution in [0.15, 0.2) is 12.4 Å². The van der Waals surface area contributed by atoms with Crippen molar-refractivity contribution in [3.63, 3.8) is 0 Å². The van der Waals surface area contributed by atoms with Crippen LogP contribution in [0.1, 0.15) is 21.7 Å². The van der Waals surface area contributed by atoms with Crippen molar-refractivity contribution in [3.8, 4) is 0 Å². The van der Waals surface area contributed by atoms with Gasteiger partial charge < -0.3 is 5.32 Å². The lowest BCUT2D eigenvalue weighted by molar-refractivity contribution is 0.0946. The molecule has 0 saturated heterocycles. The Morgan fingerprint density at radius 3 is 2.93 bits per heavy atom. The molecule has 2 aromatic rings. The SMILES string of the molecule is Cc1[nH]ncc1CNC(=O)c1cn[nH]n1. The summed E-state index contributed by atoms with van der Waals surface area (Å²) in [5, 5.41) is 18.9. The minimum Gasteiger partial charge on any atom is -0.346 e. The Morgan fingerprint density at radius 1 is 1.47 bits per heavy atom. The van der Waals surface area contributed by atoms with Crippen LogP contribution < -0.4 is 5.32 Å². The van der Waals surface area contributed by atoms with Gasteiger partial charge in [0.2, 0.25) is 0 Å². The van der Waals surface area contributed by atoms with Gasteiger partial charge in [0.1, 0.15) is 0 Å². The fraction of sp³-hybridized carbons (Fsp3) is 0.250. The van der Waals surface area contributed by atoms with E-state index in [2.05, 4.69) is 30.9 Å². The molecule has 0 unspecified atom stereocenters. The molecule has 0 aliphatic rings. The smallest absolute Gasteiger partial charge is 0.273 e. The van der Waals surface area contributed by atoms with Crippen LogP contribution in [0.4, 0.5) is 0 Å². The van der Waals surface area contributed by atoms with Crippen molar-refractivity contribution >= 4 is 5.91 Å².